The minimum Gasteiger partial charge on any atom is -0.496 e. The van der Waals surface area contributed by atoms with Gasteiger partial charge in [-0.1, -0.05) is 24.9 Å². The van der Waals surface area contributed by atoms with Crippen molar-refractivity contribution in [3.8, 4) is 5.75 Å². The molecule has 2 aromatic carbocycles. The Bertz CT molecular complexity index is 731. The van der Waals surface area contributed by atoms with Crippen LogP contribution in [0.2, 0.25) is 5.02 Å². The predicted molar refractivity (Wildman–Crippen MR) is 102 cm³/mol. The van der Waals surface area contributed by atoms with Crippen LogP contribution in [-0.2, 0) is 11.3 Å². The highest BCUT2D eigenvalue weighted by Gasteiger charge is 2.12. The lowest BCUT2D eigenvalue weighted by Gasteiger charge is -2.12. The van der Waals surface area contributed by atoms with E-state index in [4.69, 9.17) is 21.1 Å². The molecule has 0 fully saturated rings. The summed E-state index contributed by atoms with van der Waals surface area (Å²) in [4.78, 5) is 12.6. The third-order valence-electron chi connectivity index (χ3n) is 3.88. The molecule has 0 heterocycles. The fourth-order valence-electron chi connectivity index (χ4n) is 2.42. The van der Waals surface area contributed by atoms with E-state index in [2.05, 4.69) is 12.2 Å². The van der Waals surface area contributed by atoms with Crippen molar-refractivity contribution in [2.45, 2.75) is 33.3 Å². The second-order valence-electron chi connectivity index (χ2n) is 5.85. The molecule has 0 radical (unpaired) electrons. The largest absolute Gasteiger partial charge is 0.496 e. The molecular weight excluding hydrogens is 338 g/mol. The Labute approximate surface area is 154 Å². The topological polar surface area (TPSA) is 47.6 Å². The van der Waals surface area contributed by atoms with Crippen molar-refractivity contribution in [3.05, 3.63) is 58.1 Å². The van der Waals surface area contributed by atoms with Crippen LogP contribution >= 0.6 is 11.6 Å². The maximum absolute atomic E-state index is 12.6. The van der Waals surface area contributed by atoms with Crippen molar-refractivity contribution in [2.75, 3.05) is 19.0 Å². The number of hydrogen-bond acceptors (Lipinski definition) is 3. The first-order valence-corrected chi connectivity index (χ1v) is 8.75. The number of anilines is 1. The van der Waals surface area contributed by atoms with Crippen molar-refractivity contribution in [2.24, 2.45) is 0 Å². The lowest BCUT2D eigenvalue weighted by atomic mass is 10.1. The first-order valence-electron chi connectivity index (χ1n) is 8.37. The van der Waals surface area contributed by atoms with Gasteiger partial charge in [-0.25, -0.2) is 0 Å². The Morgan fingerprint density at radius 3 is 2.68 bits per heavy atom. The van der Waals surface area contributed by atoms with Crippen LogP contribution in [0.3, 0.4) is 0 Å². The molecule has 134 valence electrons. The van der Waals surface area contributed by atoms with E-state index in [1.54, 1.807) is 31.4 Å². The highest BCUT2D eigenvalue weighted by molar-refractivity contribution is 6.30. The van der Waals surface area contributed by atoms with Gasteiger partial charge < -0.3 is 14.8 Å². The fourth-order valence-corrected chi connectivity index (χ4v) is 2.65. The second kappa shape index (κ2) is 9.44. The zero-order chi connectivity index (χ0) is 18.2. The van der Waals surface area contributed by atoms with Crippen molar-refractivity contribution in [1.29, 1.82) is 0 Å². The molecular formula is C20H24ClNO3. The number of unbranched alkanes of at least 4 members (excludes halogenated alkanes) is 1. The molecule has 0 saturated heterocycles. The first kappa shape index (κ1) is 19.3. The average molecular weight is 362 g/mol. The molecule has 1 N–H and O–H groups in total. The molecule has 25 heavy (non-hydrogen) atoms. The van der Waals surface area contributed by atoms with E-state index in [0.717, 1.165) is 35.4 Å². The molecule has 4 nitrogen and oxygen atoms in total. The van der Waals surface area contributed by atoms with Crippen molar-refractivity contribution < 1.29 is 14.3 Å². The summed E-state index contributed by atoms with van der Waals surface area (Å²) in [5.74, 6) is 0.540. The van der Waals surface area contributed by atoms with E-state index < -0.39 is 0 Å². The standard InChI is InChI=1S/C20H24ClNO3/c1-4-5-10-25-13-16-12-15(6-9-19(16)24-3)20(23)22-18-8-7-17(21)11-14(18)2/h6-9,11-12H,4-5,10,13H2,1-3H3,(H,22,23). The van der Waals surface area contributed by atoms with Crippen LogP contribution in [-0.4, -0.2) is 19.6 Å². The van der Waals surface area contributed by atoms with Gasteiger partial charge in [0.1, 0.15) is 5.75 Å². The molecule has 0 atom stereocenters. The second-order valence-corrected chi connectivity index (χ2v) is 6.28. The number of aryl methyl sites for hydroxylation is 1. The molecule has 0 unspecified atom stereocenters. The fraction of sp³-hybridized carbons (Fsp3) is 0.350. The number of benzene rings is 2. The number of halogens is 1. The third kappa shape index (κ3) is 5.48. The van der Waals surface area contributed by atoms with Crippen LogP contribution in [0, 0.1) is 6.92 Å². The van der Waals surface area contributed by atoms with Crippen LogP contribution in [0.5, 0.6) is 5.75 Å². The molecule has 5 heteroatoms. The van der Waals surface area contributed by atoms with Crippen LogP contribution in [0.1, 0.15) is 41.3 Å². The summed E-state index contributed by atoms with van der Waals surface area (Å²) in [5, 5.41) is 3.56. The zero-order valence-electron chi connectivity index (χ0n) is 14.9. The van der Waals surface area contributed by atoms with Crippen LogP contribution in [0.4, 0.5) is 5.69 Å². The van der Waals surface area contributed by atoms with Crippen LogP contribution in [0.25, 0.3) is 0 Å². The first-order chi connectivity index (χ1) is 12.0. The monoisotopic (exact) mass is 361 g/mol. The number of methoxy groups -OCH3 is 1. The Morgan fingerprint density at radius 2 is 2.00 bits per heavy atom. The van der Waals surface area contributed by atoms with Gasteiger partial charge >= 0.3 is 0 Å². The van der Waals surface area contributed by atoms with Crippen molar-refractivity contribution in [3.63, 3.8) is 0 Å². The van der Waals surface area contributed by atoms with E-state index in [9.17, 15) is 4.79 Å². The number of carbonyl (C=O) groups is 1. The van der Waals surface area contributed by atoms with Gasteiger partial charge in [-0.15, -0.1) is 0 Å². The lowest BCUT2D eigenvalue weighted by molar-refractivity contribution is 0.102. The van der Waals surface area contributed by atoms with Crippen molar-refractivity contribution in [1.82, 2.24) is 0 Å². The van der Waals surface area contributed by atoms with Gasteiger partial charge in [0.05, 0.1) is 13.7 Å². The molecule has 0 aliphatic heterocycles. The number of carbonyl (C=O) groups excluding carboxylic acids is 1. The van der Waals surface area contributed by atoms with Gasteiger partial charge in [-0.3, -0.25) is 4.79 Å². The van der Waals surface area contributed by atoms with Gasteiger partial charge in [0.2, 0.25) is 0 Å². The summed E-state index contributed by atoms with van der Waals surface area (Å²) in [6.07, 6.45) is 2.10. The Balaban J connectivity index is 2.13. The SMILES string of the molecule is CCCCOCc1cc(C(=O)Nc2ccc(Cl)cc2C)ccc1OC. The number of rotatable bonds is 8. The highest BCUT2D eigenvalue weighted by Crippen LogP contribution is 2.23. The minimum atomic E-state index is -0.178. The summed E-state index contributed by atoms with van der Waals surface area (Å²) in [7, 11) is 1.61. The number of amides is 1. The Morgan fingerprint density at radius 1 is 1.20 bits per heavy atom. The summed E-state index contributed by atoms with van der Waals surface area (Å²) < 4.78 is 11.0. The van der Waals surface area contributed by atoms with E-state index in [1.165, 1.54) is 0 Å². The molecule has 0 bridgehead atoms. The number of hydrogen-bond donors (Lipinski definition) is 1. The zero-order valence-corrected chi connectivity index (χ0v) is 15.7. The van der Waals surface area contributed by atoms with Gasteiger partial charge in [0.15, 0.2) is 0 Å². The molecule has 2 rings (SSSR count). The third-order valence-corrected chi connectivity index (χ3v) is 4.11. The molecule has 0 aromatic heterocycles. The highest BCUT2D eigenvalue weighted by atomic mass is 35.5. The molecule has 2 aromatic rings. The molecule has 0 saturated carbocycles. The van der Waals surface area contributed by atoms with Crippen LogP contribution in [0.15, 0.2) is 36.4 Å². The predicted octanol–water partition coefficient (Wildman–Crippen LogP) is 5.23. The summed E-state index contributed by atoms with van der Waals surface area (Å²) in [6, 6.07) is 10.7. The van der Waals surface area contributed by atoms with Gasteiger partial charge in [-0.05, 0) is 55.3 Å². The van der Waals surface area contributed by atoms with E-state index in [0.29, 0.717) is 23.8 Å². The van der Waals surface area contributed by atoms with Crippen LogP contribution < -0.4 is 10.1 Å². The maximum Gasteiger partial charge on any atom is 0.255 e. The smallest absolute Gasteiger partial charge is 0.255 e. The summed E-state index contributed by atoms with van der Waals surface area (Å²) >= 11 is 5.96. The van der Waals surface area contributed by atoms with E-state index >= 15 is 0 Å². The normalized spacial score (nSPS) is 10.6. The quantitative estimate of drug-likeness (QED) is 0.655. The minimum absolute atomic E-state index is 0.178. The van der Waals surface area contributed by atoms with Crippen molar-refractivity contribution >= 4 is 23.2 Å². The Hall–Kier alpha value is -2.04. The van der Waals surface area contributed by atoms with Gasteiger partial charge in [0, 0.05) is 28.4 Å². The van der Waals surface area contributed by atoms with E-state index in [-0.39, 0.29) is 5.91 Å². The summed E-state index contributed by atoms with van der Waals surface area (Å²) in [5.41, 5.74) is 3.08. The lowest BCUT2D eigenvalue weighted by Crippen LogP contribution is -2.13. The maximum atomic E-state index is 12.6. The molecule has 1 amide bonds. The summed E-state index contributed by atoms with van der Waals surface area (Å²) in [6.45, 7) is 5.14. The van der Waals surface area contributed by atoms with E-state index in [1.807, 2.05) is 19.1 Å². The molecule has 0 aliphatic rings. The van der Waals surface area contributed by atoms with Gasteiger partial charge in [-0.2, -0.15) is 0 Å². The molecule has 0 spiro atoms. The average Bonchev–Trinajstić information content (AvgIpc) is 2.61. The number of ether oxygens (including phenoxy) is 2. The Kier molecular flexibility index (Phi) is 7.29. The number of nitrogens with one attached hydrogen (secondary N) is 1. The van der Waals surface area contributed by atoms with Gasteiger partial charge in [0.25, 0.3) is 5.91 Å². The molecule has 0 aliphatic carbocycles.